The Kier molecular flexibility index (Phi) is 7.66. The molecule has 0 bridgehead atoms. The number of methoxy groups -OCH3 is 1. The lowest BCUT2D eigenvalue weighted by Crippen LogP contribution is -2.13. The van der Waals surface area contributed by atoms with Crippen molar-refractivity contribution in [3.8, 4) is 6.07 Å². The Bertz CT molecular complexity index is 1250. The lowest BCUT2D eigenvalue weighted by Gasteiger charge is -2.09. The Balaban J connectivity index is 1.75. The van der Waals surface area contributed by atoms with E-state index in [9.17, 15) is 14.9 Å². The van der Waals surface area contributed by atoms with Gasteiger partial charge in [0, 0.05) is 10.7 Å². The van der Waals surface area contributed by atoms with Crippen molar-refractivity contribution in [2.75, 3.05) is 12.4 Å². The van der Waals surface area contributed by atoms with Crippen molar-refractivity contribution in [2.24, 2.45) is 0 Å². The number of hydrogen-bond acceptors (Lipinski definition) is 4. The second-order valence-electron chi connectivity index (χ2n) is 7.72. The number of esters is 1. The zero-order valence-corrected chi connectivity index (χ0v) is 19.4. The van der Waals surface area contributed by atoms with E-state index in [4.69, 9.17) is 11.6 Å². The Morgan fingerprint density at radius 2 is 1.70 bits per heavy atom. The standard InChI is InChI=1S/C27H23ClN2O3/c1-17-10-18(2)12-20(11-17)14-22-5-4-19(15-25(22)28)13-23(16-29)26(31)30-24-8-6-21(7-9-24)27(32)33-3/h4-13,15H,14H2,1-3H3,(H,30,31)/b23-13+. The molecule has 1 amide bonds. The van der Waals surface area contributed by atoms with Gasteiger partial charge in [0.05, 0.1) is 12.7 Å². The summed E-state index contributed by atoms with van der Waals surface area (Å²) in [6.45, 7) is 4.13. The fraction of sp³-hybridized carbons (Fsp3) is 0.148. The SMILES string of the molecule is COC(=O)c1ccc(NC(=O)/C(C#N)=C/c2ccc(Cc3cc(C)cc(C)c3)c(Cl)c2)cc1. The van der Waals surface area contributed by atoms with E-state index in [1.807, 2.05) is 18.2 Å². The van der Waals surface area contributed by atoms with Gasteiger partial charge in [0.25, 0.3) is 5.91 Å². The molecule has 3 aromatic rings. The van der Waals surface area contributed by atoms with Gasteiger partial charge < -0.3 is 10.1 Å². The molecule has 0 saturated heterocycles. The number of benzene rings is 3. The third kappa shape index (κ3) is 6.31. The zero-order valence-electron chi connectivity index (χ0n) is 18.6. The number of halogens is 1. The van der Waals surface area contributed by atoms with Crippen LogP contribution in [0.25, 0.3) is 6.08 Å². The molecular formula is C27H23ClN2O3. The molecule has 0 unspecified atom stereocenters. The smallest absolute Gasteiger partial charge is 0.337 e. The monoisotopic (exact) mass is 458 g/mol. The third-order valence-corrected chi connectivity index (χ3v) is 5.34. The van der Waals surface area contributed by atoms with Gasteiger partial charge >= 0.3 is 5.97 Å². The molecule has 166 valence electrons. The average molecular weight is 459 g/mol. The summed E-state index contributed by atoms with van der Waals surface area (Å²) in [7, 11) is 1.30. The summed E-state index contributed by atoms with van der Waals surface area (Å²) < 4.78 is 4.65. The summed E-state index contributed by atoms with van der Waals surface area (Å²) in [6, 6.07) is 20.0. The van der Waals surface area contributed by atoms with Gasteiger partial charge in [-0.25, -0.2) is 4.79 Å². The molecule has 5 nitrogen and oxygen atoms in total. The highest BCUT2D eigenvalue weighted by molar-refractivity contribution is 6.31. The maximum absolute atomic E-state index is 12.6. The van der Waals surface area contributed by atoms with Crippen LogP contribution in [0.1, 0.15) is 38.2 Å². The van der Waals surface area contributed by atoms with Gasteiger partial charge in [0.1, 0.15) is 11.6 Å². The van der Waals surface area contributed by atoms with Crippen molar-refractivity contribution >= 4 is 35.2 Å². The molecule has 0 spiro atoms. The number of amides is 1. The van der Waals surface area contributed by atoms with Crippen molar-refractivity contribution in [1.82, 2.24) is 0 Å². The molecule has 0 aliphatic rings. The van der Waals surface area contributed by atoms with Gasteiger partial charge in [-0.3, -0.25) is 4.79 Å². The fourth-order valence-corrected chi connectivity index (χ4v) is 3.76. The molecule has 0 saturated carbocycles. The molecule has 0 fully saturated rings. The van der Waals surface area contributed by atoms with E-state index in [-0.39, 0.29) is 5.57 Å². The normalized spacial score (nSPS) is 10.9. The quantitative estimate of drug-likeness (QED) is 0.284. The first kappa shape index (κ1) is 23.8. The molecule has 1 N–H and O–H groups in total. The maximum atomic E-state index is 12.6. The van der Waals surface area contributed by atoms with E-state index >= 15 is 0 Å². The number of anilines is 1. The van der Waals surface area contributed by atoms with E-state index in [1.54, 1.807) is 18.2 Å². The number of nitrogens with one attached hydrogen (secondary N) is 1. The topological polar surface area (TPSA) is 79.2 Å². The summed E-state index contributed by atoms with van der Waals surface area (Å²) >= 11 is 6.50. The minimum Gasteiger partial charge on any atom is -0.465 e. The minimum atomic E-state index is -0.557. The number of aryl methyl sites for hydroxylation is 2. The van der Waals surface area contributed by atoms with E-state index in [0.717, 1.165) is 5.56 Å². The number of hydrogen-bond donors (Lipinski definition) is 1. The molecule has 0 aromatic heterocycles. The van der Waals surface area contributed by atoms with Crippen LogP contribution in [0.15, 0.2) is 66.2 Å². The summed E-state index contributed by atoms with van der Waals surface area (Å²) in [5.41, 5.74) is 5.94. The van der Waals surface area contributed by atoms with Crippen molar-refractivity contribution in [3.63, 3.8) is 0 Å². The van der Waals surface area contributed by atoms with Gasteiger partial charge in [-0.15, -0.1) is 0 Å². The van der Waals surface area contributed by atoms with Crippen LogP contribution < -0.4 is 5.32 Å². The van der Waals surface area contributed by atoms with E-state index in [1.165, 1.54) is 42.0 Å². The molecule has 0 heterocycles. The van der Waals surface area contributed by atoms with Crippen LogP contribution in [0.3, 0.4) is 0 Å². The summed E-state index contributed by atoms with van der Waals surface area (Å²) in [6.07, 6.45) is 2.18. The lowest BCUT2D eigenvalue weighted by atomic mass is 9.99. The first-order valence-electron chi connectivity index (χ1n) is 10.3. The van der Waals surface area contributed by atoms with E-state index in [0.29, 0.717) is 28.3 Å². The van der Waals surface area contributed by atoms with Crippen molar-refractivity contribution in [2.45, 2.75) is 20.3 Å². The fourth-order valence-electron chi connectivity index (χ4n) is 3.51. The third-order valence-electron chi connectivity index (χ3n) is 4.99. The molecule has 0 aliphatic heterocycles. The van der Waals surface area contributed by atoms with E-state index in [2.05, 4.69) is 42.1 Å². The highest BCUT2D eigenvalue weighted by Crippen LogP contribution is 2.24. The van der Waals surface area contributed by atoms with Gasteiger partial charge in [-0.1, -0.05) is 53.1 Å². The summed E-state index contributed by atoms with van der Waals surface area (Å²) in [4.78, 5) is 24.1. The predicted octanol–water partition coefficient (Wildman–Crippen LogP) is 5.88. The number of nitriles is 1. The second-order valence-corrected chi connectivity index (χ2v) is 8.12. The van der Waals surface area contributed by atoms with Gasteiger partial charge in [0.2, 0.25) is 0 Å². The number of carbonyl (C=O) groups excluding carboxylic acids is 2. The van der Waals surface area contributed by atoms with Crippen molar-refractivity contribution in [3.05, 3.63) is 105 Å². The number of ether oxygens (including phenoxy) is 1. The molecule has 33 heavy (non-hydrogen) atoms. The molecule has 6 heteroatoms. The highest BCUT2D eigenvalue weighted by Gasteiger charge is 2.12. The largest absolute Gasteiger partial charge is 0.465 e. The molecule has 0 atom stereocenters. The van der Waals surface area contributed by atoms with Crippen LogP contribution in [0.4, 0.5) is 5.69 Å². The summed E-state index contributed by atoms with van der Waals surface area (Å²) in [5, 5.41) is 12.7. The van der Waals surface area contributed by atoms with E-state index < -0.39 is 11.9 Å². The molecule has 3 rings (SSSR count). The van der Waals surface area contributed by atoms with Crippen molar-refractivity contribution < 1.29 is 14.3 Å². The van der Waals surface area contributed by atoms with Crippen LogP contribution in [-0.2, 0) is 16.0 Å². The van der Waals surface area contributed by atoms with Crippen LogP contribution in [-0.4, -0.2) is 19.0 Å². The first-order chi connectivity index (χ1) is 15.8. The number of nitrogens with zero attached hydrogens (tertiary/aromatic N) is 1. The van der Waals surface area contributed by atoms with Gasteiger partial charge in [0.15, 0.2) is 0 Å². The number of carbonyl (C=O) groups is 2. The summed E-state index contributed by atoms with van der Waals surface area (Å²) in [5.74, 6) is -1.03. The average Bonchev–Trinajstić information content (AvgIpc) is 2.78. The lowest BCUT2D eigenvalue weighted by molar-refractivity contribution is -0.112. The Labute approximate surface area is 198 Å². The Morgan fingerprint density at radius 1 is 1.03 bits per heavy atom. The predicted molar refractivity (Wildman–Crippen MR) is 130 cm³/mol. The molecule has 0 radical (unpaired) electrons. The van der Waals surface area contributed by atoms with Gasteiger partial charge in [-0.05, 0) is 73.4 Å². The number of rotatable bonds is 6. The molecular weight excluding hydrogens is 436 g/mol. The minimum absolute atomic E-state index is 0.0647. The molecule has 0 aliphatic carbocycles. The van der Waals surface area contributed by atoms with Crippen LogP contribution in [0.5, 0.6) is 0 Å². The highest BCUT2D eigenvalue weighted by atomic mass is 35.5. The first-order valence-corrected chi connectivity index (χ1v) is 10.6. The Hall–Kier alpha value is -3.88. The second kappa shape index (κ2) is 10.6. The van der Waals surface area contributed by atoms with Crippen LogP contribution in [0.2, 0.25) is 5.02 Å². The zero-order chi connectivity index (χ0) is 24.0. The maximum Gasteiger partial charge on any atom is 0.337 e. The Morgan fingerprint density at radius 3 is 2.27 bits per heavy atom. The molecule has 3 aromatic carbocycles. The van der Waals surface area contributed by atoms with Gasteiger partial charge in [-0.2, -0.15) is 5.26 Å². The van der Waals surface area contributed by atoms with Crippen LogP contribution >= 0.6 is 11.6 Å². The van der Waals surface area contributed by atoms with Crippen molar-refractivity contribution in [1.29, 1.82) is 5.26 Å². The van der Waals surface area contributed by atoms with Crippen LogP contribution in [0, 0.1) is 25.2 Å².